The number of benzene rings is 1. The van der Waals surface area contributed by atoms with E-state index >= 15 is 0 Å². The van der Waals surface area contributed by atoms with E-state index in [9.17, 15) is 10.1 Å². The van der Waals surface area contributed by atoms with Gasteiger partial charge in [0.15, 0.2) is 0 Å². The van der Waals surface area contributed by atoms with Gasteiger partial charge in [0.2, 0.25) is 0 Å². The number of halogens is 1. The Bertz CT molecular complexity index is 475. The molecule has 1 aliphatic rings. The van der Waals surface area contributed by atoms with Gasteiger partial charge < -0.3 is 10.2 Å². The topological polar surface area (TPSA) is 58.4 Å². The highest BCUT2D eigenvalue weighted by Crippen LogP contribution is 2.27. The second kappa shape index (κ2) is 7.04. The number of nitrogens with one attached hydrogen (secondary N) is 1. The molecule has 0 amide bonds. The van der Waals surface area contributed by atoms with Gasteiger partial charge in [0.25, 0.3) is 5.69 Å². The normalized spacial score (nSPS) is 17.7. The number of rotatable bonds is 5. The smallest absolute Gasteiger partial charge is 0.270 e. The van der Waals surface area contributed by atoms with E-state index in [1.807, 2.05) is 0 Å². The molecule has 0 bridgehead atoms. The molecule has 0 saturated carbocycles. The first-order valence-corrected chi connectivity index (χ1v) is 7.78. The summed E-state index contributed by atoms with van der Waals surface area (Å²) >= 11 is 3.39. The predicted octanol–water partition coefficient (Wildman–Crippen LogP) is 3.64. The zero-order valence-corrected chi connectivity index (χ0v) is 13.2. The van der Waals surface area contributed by atoms with E-state index in [0.29, 0.717) is 6.04 Å². The van der Waals surface area contributed by atoms with Crippen LogP contribution in [-0.2, 0) is 0 Å². The Hall–Kier alpha value is -1.14. The molecule has 2 rings (SSSR count). The van der Waals surface area contributed by atoms with Crippen molar-refractivity contribution >= 4 is 27.3 Å². The molecule has 1 atom stereocenters. The van der Waals surface area contributed by atoms with E-state index in [1.54, 1.807) is 6.07 Å². The number of likely N-dealkylation sites (tertiary alicyclic amines) is 1. The summed E-state index contributed by atoms with van der Waals surface area (Å²) in [5.74, 6) is 0. The van der Waals surface area contributed by atoms with Crippen molar-refractivity contribution in [3.63, 3.8) is 0 Å². The van der Waals surface area contributed by atoms with Gasteiger partial charge in [-0.3, -0.25) is 10.1 Å². The Labute approximate surface area is 127 Å². The molecule has 1 aromatic carbocycles. The standard InChI is InChI=1S/C14H20BrN3O2/c1-11(10-17-7-3-2-4-8-17)16-14-6-5-12(18(19)20)9-13(14)15/h5-6,9,11,16H,2-4,7-8,10H2,1H3. The van der Waals surface area contributed by atoms with Crippen LogP contribution in [0.4, 0.5) is 11.4 Å². The van der Waals surface area contributed by atoms with Gasteiger partial charge in [0.1, 0.15) is 0 Å². The van der Waals surface area contributed by atoms with Crippen LogP contribution >= 0.6 is 15.9 Å². The molecule has 0 radical (unpaired) electrons. The minimum Gasteiger partial charge on any atom is -0.380 e. The third kappa shape index (κ3) is 4.18. The molecule has 1 unspecified atom stereocenters. The molecule has 110 valence electrons. The largest absolute Gasteiger partial charge is 0.380 e. The second-order valence-electron chi connectivity index (χ2n) is 5.33. The fourth-order valence-electron chi connectivity index (χ4n) is 2.58. The molecule has 1 heterocycles. The summed E-state index contributed by atoms with van der Waals surface area (Å²) in [4.78, 5) is 12.8. The molecule has 0 spiro atoms. The van der Waals surface area contributed by atoms with Crippen molar-refractivity contribution in [1.82, 2.24) is 4.90 Å². The fraction of sp³-hybridized carbons (Fsp3) is 0.571. The Morgan fingerprint density at radius 1 is 1.40 bits per heavy atom. The van der Waals surface area contributed by atoms with Crippen LogP contribution in [0.1, 0.15) is 26.2 Å². The van der Waals surface area contributed by atoms with Crippen LogP contribution in [0.15, 0.2) is 22.7 Å². The zero-order chi connectivity index (χ0) is 14.5. The van der Waals surface area contributed by atoms with Crippen molar-refractivity contribution in [1.29, 1.82) is 0 Å². The quantitative estimate of drug-likeness (QED) is 0.656. The van der Waals surface area contributed by atoms with Gasteiger partial charge in [-0.1, -0.05) is 6.42 Å². The minimum atomic E-state index is -0.383. The number of nitrogens with zero attached hydrogens (tertiary/aromatic N) is 2. The van der Waals surface area contributed by atoms with Crippen LogP contribution in [0.25, 0.3) is 0 Å². The summed E-state index contributed by atoms with van der Waals surface area (Å²) in [5, 5.41) is 14.1. The number of piperidine rings is 1. The maximum Gasteiger partial charge on any atom is 0.270 e. The number of hydrogen-bond donors (Lipinski definition) is 1. The predicted molar refractivity (Wildman–Crippen MR) is 84.2 cm³/mol. The molecular formula is C14H20BrN3O2. The van der Waals surface area contributed by atoms with E-state index in [1.165, 1.54) is 44.5 Å². The molecule has 0 aliphatic carbocycles. The lowest BCUT2D eigenvalue weighted by atomic mass is 10.1. The third-order valence-electron chi connectivity index (χ3n) is 3.55. The molecule has 1 aromatic rings. The van der Waals surface area contributed by atoms with Gasteiger partial charge in [-0.25, -0.2) is 0 Å². The monoisotopic (exact) mass is 341 g/mol. The first-order chi connectivity index (χ1) is 9.56. The van der Waals surface area contributed by atoms with Gasteiger partial charge >= 0.3 is 0 Å². The van der Waals surface area contributed by atoms with Crippen LogP contribution in [0.5, 0.6) is 0 Å². The fourth-order valence-corrected chi connectivity index (χ4v) is 3.06. The van der Waals surface area contributed by atoms with Crippen molar-refractivity contribution in [2.45, 2.75) is 32.2 Å². The van der Waals surface area contributed by atoms with Crippen molar-refractivity contribution in [3.05, 3.63) is 32.8 Å². The van der Waals surface area contributed by atoms with Crippen LogP contribution in [0.3, 0.4) is 0 Å². The number of non-ortho nitro benzene ring substituents is 1. The highest BCUT2D eigenvalue weighted by atomic mass is 79.9. The first kappa shape index (κ1) is 15.3. The molecule has 1 fully saturated rings. The summed E-state index contributed by atoms with van der Waals surface area (Å²) in [5.41, 5.74) is 1.01. The third-order valence-corrected chi connectivity index (χ3v) is 4.20. The number of nitro benzene ring substituents is 1. The van der Waals surface area contributed by atoms with E-state index in [0.717, 1.165) is 16.7 Å². The molecule has 1 N–H and O–H groups in total. The summed E-state index contributed by atoms with van der Waals surface area (Å²) in [6.45, 7) is 5.49. The highest BCUT2D eigenvalue weighted by molar-refractivity contribution is 9.10. The lowest BCUT2D eigenvalue weighted by molar-refractivity contribution is -0.384. The lowest BCUT2D eigenvalue weighted by Crippen LogP contribution is -2.38. The summed E-state index contributed by atoms with van der Waals surface area (Å²) < 4.78 is 0.734. The minimum absolute atomic E-state index is 0.103. The van der Waals surface area contributed by atoms with Gasteiger partial charge in [0.05, 0.1) is 4.92 Å². The lowest BCUT2D eigenvalue weighted by Gasteiger charge is -2.29. The molecular weight excluding hydrogens is 322 g/mol. The highest BCUT2D eigenvalue weighted by Gasteiger charge is 2.15. The summed E-state index contributed by atoms with van der Waals surface area (Å²) in [6, 6.07) is 5.14. The molecule has 5 nitrogen and oxygen atoms in total. The van der Waals surface area contributed by atoms with E-state index in [4.69, 9.17) is 0 Å². The number of nitro groups is 1. The van der Waals surface area contributed by atoms with Crippen molar-refractivity contribution in [2.75, 3.05) is 25.0 Å². The van der Waals surface area contributed by atoms with E-state index < -0.39 is 0 Å². The molecule has 0 aromatic heterocycles. The maximum atomic E-state index is 10.7. The van der Waals surface area contributed by atoms with Gasteiger partial charge in [-0.15, -0.1) is 0 Å². The van der Waals surface area contributed by atoms with Crippen LogP contribution in [-0.4, -0.2) is 35.5 Å². The molecule has 20 heavy (non-hydrogen) atoms. The van der Waals surface area contributed by atoms with Crippen molar-refractivity contribution in [3.8, 4) is 0 Å². The van der Waals surface area contributed by atoms with Gasteiger partial charge in [-0.05, 0) is 54.9 Å². The molecule has 1 saturated heterocycles. The van der Waals surface area contributed by atoms with Crippen LogP contribution < -0.4 is 5.32 Å². The van der Waals surface area contributed by atoms with Crippen molar-refractivity contribution in [2.24, 2.45) is 0 Å². The Kier molecular flexibility index (Phi) is 5.37. The summed E-state index contributed by atoms with van der Waals surface area (Å²) in [6.07, 6.45) is 3.91. The summed E-state index contributed by atoms with van der Waals surface area (Å²) in [7, 11) is 0. The number of hydrogen-bond acceptors (Lipinski definition) is 4. The van der Waals surface area contributed by atoms with Crippen LogP contribution in [0.2, 0.25) is 0 Å². The average Bonchev–Trinajstić information content (AvgIpc) is 2.42. The van der Waals surface area contributed by atoms with E-state index in [-0.39, 0.29) is 10.6 Å². The maximum absolute atomic E-state index is 10.7. The zero-order valence-electron chi connectivity index (χ0n) is 11.6. The van der Waals surface area contributed by atoms with Crippen molar-refractivity contribution < 1.29 is 4.92 Å². The Balaban J connectivity index is 1.93. The van der Waals surface area contributed by atoms with Crippen LogP contribution in [0, 0.1) is 10.1 Å². The first-order valence-electron chi connectivity index (χ1n) is 6.99. The molecule has 6 heteroatoms. The number of anilines is 1. The van der Waals surface area contributed by atoms with E-state index in [2.05, 4.69) is 33.1 Å². The van der Waals surface area contributed by atoms with Gasteiger partial charge in [0, 0.05) is 34.9 Å². The average molecular weight is 342 g/mol. The SMILES string of the molecule is CC(CN1CCCCC1)Nc1ccc([N+](=O)[O-])cc1Br. The van der Waals surface area contributed by atoms with Gasteiger partial charge in [-0.2, -0.15) is 0 Å². The Morgan fingerprint density at radius 3 is 2.70 bits per heavy atom. The molecule has 1 aliphatic heterocycles. The Morgan fingerprint density at radius 2 is 2.10 bits per heavy atom. The second-order valence-corrected chi connectivity index (χ2v) is 6.18.